The second-order valence-corrected chi connectivity index (χ2v) is 0. The van der Waals surface area contributed by atoms with E-state index in [0.717, 1.165) is 0 Å². The molecule has 0 fully saturated rings. The van der Waals surface area contributed by atoms with Crippen LogP contribution in [0, 0.1) is 35.6 Å². The van der Waals surface area contributed by atoms with E-state index in [4.69, 9.17) is 3.25 Å². The first-order valence-electron chi connectivity index (χ1n) is 0.183. The van der Waals surface area contributed by atoms with Gasteiger partial charge in [0.15, 0.2) is 0 Å². The van der Waals surface area contributed by atoms with Gasteiger partial charge in [-0.25, -0.2) is 0 Å². The molecule has 0 bridgehead atoms. The zero-order valence-corrected chi connectivity index (χ0v) is 8.27. The Morgan fingerprint density at radius 3 is 1.20 bits per heavy atom. The van der Waals surface area contributed by atoms with E-state index < -0.39 is 0 Å². The molecule has 1 radical (unpaired) electrons. The molecule has 20 valence electrons. The van der Waals surface area contributed by atoms with Crippen LogP contribution < -0.4 is 0 Å². The van der Waals surface area contributed by atoms with Gasteiger partial charge in [-0.15, -0.1) is 0 Å². The summed E-state index contributed by atoms with van der Waals surface area (Å²) in [5.41, 5.74) is 0. The summed E-state index contributed by atoms with van der Waals surface area (Å²) in [7, 11) is 0. The molecular formula is H3BaLaLiOTa. The third-order valence-electron chi connectivity index (χ3n) is 0. The quantitative estimate of drug-likeness (QED) is 0.377. The van der Waals surface area contributed by atoms with Gasteiger partial charge in [0.2, 0.25) is 0 Å². The molecule has 0 aromatic heterocycles. The SMILES string of the molecule is [BaH2].[La].[LiH].[O]=[Ta]. The van der Waals surface area contributed by atoms with Crippen LogP contribution in [0.4, 0.5) is 0 Å². The molecule has 0 aliphatic carbocycles. The maximum atomic E-state index is 8.36. The van der Waals surface area contributed by atoms with E-state index in [9.17, 15) is 0 Å². The molecular weight excluding hydrogens is 480 g/mol. The summed E-state index contributed by atoms with van der Waals surface area (Å²) < 4.78 is 8.36. The van der Waals surface area contributed by atoms with Crippen LogP contribution in [0.3, 0.4) is 0 Å². The van der Waals surface area contributed by atoms with Crippen LogP contribution >= 0.6 is 0 Å². The first-order chi connectivity index (χ1) is 1.00. The van der Waals surface area contributed by atoms with Gasteiger partial charge in [0, 0.05) is 35.6 Å². The standard InChI is InChI=1S/Ba.La.Li.O.Ta.3H. The molecule has 0 amide bonds. The van der Waals surface area contributed by atoms with Gasteiger partial charge in [-0.05, 0) is 0 Å². The van der Waals surface area contributed by atoms with Crippen LogP contribution in [-0.4, -0.2) is 67.7 Å². The molecule has 0 aromatic carbocycles. The summed E-state index contributed by atoms with van der Waals surface area (Å²) in [5.74, 6) is 0. The fourth-order valence-electron chi connectivity index (χ4n) is 0. The van der Waals surface area contributed by atoms with E-state index in [1.807, 2.05) is 0 Å². The molecule has 0 aliphatic rings. The molecule has 0 atom stereocenters. The predicted molar refractivity (Wildman–Crippen MR) is 16.4 cm³/mol. The van der Waals surface area contributed by atoms with E-state index in [0.29, 0.717) is 0 Å². The number of rotatable bonds is 0. The van der Waals surface area contributed by atoms with Gasteiger partial charge in [-0.3, -0.25) is 0 Å². The van der Waals surface area contributed by atoms with Crippen LogP contribution in [0.1, 0.15) is 0 Å². The molecule has 0 unspecified atom stereocenters. The molecule has 5 heavy (non-hydrogen) atoms. The van der Waals surface area contributed by atoms with Gasteiger partial charge in [-0.1, -0.05) is 0 Å². The van der Waals surface area contributed by atoms with E-state index in [-0.39, 0.29) is 124 Å². The maximum absolute atomic E-state index is 8.36. The van der Waals surface area contributed by atoms with Gasteiger partial charge in [0.05, 0.1) is 0 Å². The molecule has 5 heteroatoms. The summed E-state index contributed by atoms with van der Waals surface area (Å²) >= 11 is 0.194. The molecule has 0 aliphatic heterocycles. The molecule has 0 rings (SSSR count). The van der Waals surface area contributed by atoms with E-state index in [2.05, 4.69) is 0 Å². The molecule has 0 spiro atoms. The van der Waals surface area contributed by atoms with Gasteiger partial charge in [0.25, 0.3) is 0 Å². The Morgan fingerprint density at radius 2 is 1.20 bits per heavy atom. The summed E-state index contributed by atoms with van der Waals surface area (Å²) in [5, 5.41) is 0. The van der Waals surface area contributed by atoms with Crippen LogP contribution in [0.5, 0.6) is 0 Å². The van der Waals surface area contributed by atoms with Crippen molar-refractivity contribution in [2.24, 2.45) is 0 Å². The molecule has 0 aromatic rings. The molecule has 1 nitrogen and oxygen atoms in total. The fraction of sp³-hybridized carbons (Fsp3) is 0. The molecule has 0 N–H and O–H groups in total. The van der Waals surface area contributed by atoms with Crippen molar-refractivity contribution < 1.29 is 59.9 Å². The first-order valence-corrected chi connectivity index (χ1v) is 1.49. The summed E-state index contributed by atoms with van der Waals surface area (Å²) in [6.07, 6.45) is 0. The summed E-state index contributed by atoms with van der Waals surface area (Å²) in [6, 6.07) is 0. The monoisotopic (exact) mass is 484 g/mol. The molecule has 0 saturated heterocycles. The van der Waals surface area contributed by atoms with Crippen molar-refractivity contribution in [3.63, 3.8) is 0 Å². The van der Waals surface area contributed by atoms with Crippen LogP contribution in [0.25, 0.3) is 0 Å². The van der Waals surface area contributed by atoms with Crippen LogP contribution in [-0.2, 0) is 24.3 Å². The van der Waals surface area contributed by atoms with Gasteiger partial charge in [0.1, 0.15) is 0 Å². The van der Waals surface area contributed by atoms with Crippen molar-refractivity contribution in [2.45, 2.75) is 0 Å². The third kappa shape index (κ3) is 18.1. The van der Waals surface area contributed by atoms with Crippen molar-refractivity contribution in [3.05, 3.63) is 0 Å². The Balaban J connectivity index is -0.00000000167. The average molecular weight is 483 g/mol. The Kier molecular flexibility index (Phi) is 114. The first kappa shape index (κ1) is 23.1. The van der Waals surface area contributed by atoms with E-state index in [1.165, 1.54) is 0 Å². The summed E-state index contributed by atoms with van der Waals surface area (Å²) in [6.45, 7) is 0. The summed E-state index contributed by atoms with van der Waals surface area (Å²) in [4.78, 5) is 0. The number of hydrogen-bond acceptors (Lipinski definition) is 1. The fourth-order valence-corrected chi connectivity index (χ4v) is 0. The van der Waals surface area contributed by atoms with Crippen LogP contribution in [0.2, 0.25) is 0 Å². The Bertz CT molecular complexity index is 11.6. The second kappa shape index (κ2) is 24.7. The van der Waals surface area contributed by atoms with Gasteiger partial charge in [-0.2, -0.15) is 0 Å². The second-order valence-electron chi connectivity index (χ2n) is 0. The van der Waals surface area contributed by atoms with Crippen LogP contribution in [0.15, 0.2) is 0 Å². The van der Waals surface area contributed by atoms with Crippen molar-refractivity contribution in [3.8, 4) is 0 Å². The van der Waals surface area contributed by atoms with E-state index >= 15 is 0 Å². The minimum absolute atomic E-state index is 0. The molecule has 0 heterocycles. The van der Waals surface area contributed by atoms with E-state index in [1.54, 1.807) is 0 Å². The Hall–Kier alpha value is 3.90. The average Bonchev–Trinajstić information content (AvgIpc) is 1.00. The van der Waals surface area contributed by atoms with Crippen molar-refractivity contribution in [1.29, 1.82) is 0 Å². The predicted octanol–water partition coefficient (Wildman–Crippen LogP) is -1.69. The van der Waals surface area contributed by atoms with Crippen molar-refractivity contribution in [1.82, 2.24) is 0 Å². The van der Waals surface area contributed by atoms with Gasteiger partial charge >= 0.3 is 92.0 Å². The minimum atomic E-state index is 0. The van der Waals surface area contributed by atoms with Gasteiger partial charge < -0.3 is 0 Å². The topological polar surface area (TPSA) is 17.1 Å². The van der Waals surface area contributed by atoms with Crippen molar-refractivity contribution >= 4 is 67.7 Å². The normalized spacial score (nSPS) is 0.600. The zero-order chi connectivity index (χ0) is 2.00. The zero-order valence-electron chi connectivity index (χ0n) is 1.43. The Morgan fingerprint density at radius 1 is 1.20 bits per heavy atom. The Labute approximate surface area is 124 Å². The third-order valence-corrected chi connectivity index (χ3v) is 0. The van der Waals surface area contributed by atoms with Crippen molar-refractivity contribution in [2.75, 3.05) is 0 Å². The molecule has 0 saturated carbocycles. The number of hydrogen-bond donors (Lipinski definition) is 0.